The van der Waals surface area contributed by atoms with Gasteiger partial charge in [0.2, 0.25) is 0 Å². The normalized spacial score (nSPS) is 14.6. The van der Waals surface area contributed by atoms with E-state index in [1.807, 2.05) is 26.0 Å². The Hall–Kier alpha value is -2.70. The number of rotatable bonds is 6. The lowest BCUT2D eigenvalue weighted by atomic mass is 9.87. The maximum Gasteiger partial charge on any atom is 0.161 e. The third kappa shape index (κ3) is 5.14. The Morgan fingerprint density at radius 3 is 2.61 bits per heavy atom. The molecule has 0 radical (unpaired) electrons. The summed E-state index contributed by atoms with van der Waals surface area (Å²) in [5.74, 6) is 2.50. The minimum absolute atomic E-state index is 0.0531. The molecular formula is C24H28ClN5O. The zero-order valence-corrected chi connectivity index (χ0v) is 18.9. The van der Waals surface area contributed by atoms with E-state index < -0.39 is 0 Å². The lowest BCUT2D eigenvalue weighted by Gasteiger charge is -2.26. The highest BCUT2D eigenvalue weighted by molar-refractivity contribution is 6.32. The van der Waals surface area contributed by atoms with Gasteiger partial charge in [0.15, 0.2) is 11.6 Å². The number of aryl methyl sites for hydroxylation is 1. The van der Waals surface area contributed by atoms with E-state index in [2.05, 4.69) is 44.6 Å². The summed E-state index contributed by atoms with van der Waals surface area (Å²) in [4.78, 5) is 13.1. The third-order valence-corrected chi connectivity index (χ3v) is 5.72. The highest BCUT2D eigenvalue weighted by Crippen LogP contribution is 2.38. The highest BCUT2D eigenvalue weighted by Gasteiger charge is 2.20. The topological polar surface area (TPSA) is 72.0 Å². The largest absolute Gasteiger partial charge is 0.489 e. The molecule has 1 aromatic carbocycles. The number of ether oxygens (including phenoxy) is 1. The van der Waals surface area contributed by atoms with Gasteiger partial charge in [0, 0.05) is 18.0 Å². The summed E-state index contributed by atoms with van der Waals surface area (Å²) in [6, 6.07) is 8.07. The van der Waals surface area contributed by atoms with Crippen LogP contribution in [0.1, 0.15) is 43.7 Å². The number of aromatic nitrogens is 3. The van der Waals surface area contributed by atoms with Crippen LogP contribution < -0.4 is 15.4 Å². The molecule has 0 unspecified atom stereocenters. The van der Waals surface area contributed by atoms with Crippen molar-refractivity contribution in [2.75, 3.05) is 18.4 Å². The van der Waals surface area contributed by atoms with Gasteiger partial charge in [-0.05, 0) is 88.0 Å². The molecule has 6 nitrogen and oxygen atoms in total. The van der Waals surface area contributed by atoms with Crippen LogP contribution in [0.5, 0.6) is 5.75 Å². The van der Waals surface area contributed by atoms with Crippen LogP contribution >= 0.6 is 11.6 Å². The van der Waals surface area contributed by atoms with E-state index in [0.29, 0.717) is 22.6 Å². The highest BCUT2D eigenvalue weighted by atomic mass is 35.5. The zero-order chi connectivity index (χ0) is 21.8. The van der Waals surface area contributed by atoms with Crippen molar-refractivity contribution in [3.63, 3.8) is 0 Å². The van der Waals surface area contributed by atoms with Gasteiger partial charge in [0.1, 0.15) is 10.8 Å². The first-order valence-corrected chi connectivity index (χ1v) is 11.1. The monoisotopic (exact) mass is 437 g/mol. The fourth-order valence-electron chi connectivity index (χ4n) is 3.95. The molecule has 0 aliphatic carbocycles. The minimum atomic E-state index is 0.0531. The summed E-state index contributed by atoms with van der Waals surface area (Å²) in [5, 5.41) is 7.29. The molecule has 3 heterocycles. The van der Waals surface area contributed by atoms with E-state index >= 15 is 0 Å². The van der Waals surface area contributed by atoms with Gasteiger partial charge in [0.25, 0.3) is 0 Å². The van der Waals surface area contributed by atoms with E-state index in [1.165, 1.54) is 11.1 Å². The molecule has 0 amide bonds. The van der Waals surface area contributed by atoms with Crippen LogP contribution in [0, 0.1) is 6.92 Å². The Labute approximate surface area is 188 Å². The Kier molecular flexibility index (Phi) is 6.68. The van der Waals surface area contributed by atoms with Crippen LogP contribution in [0.15, 0.2) is 42.9 Å². The number of nitrogens with zero attached hydrogens (tertiary/aromatic N) is 3. The number of benzene rings is 1. The lowest BCUT2D eigenvalue weighted by molar-refractivity contribution is 0.243. The van der Waals surface area contributed by atoms with Gasteiger partial charge in [-0.15, -0.1) is 0 Å². The first-order chi connectivity index (χ1) is 15.0. The molecule has 2 aromatic heterocycles. The smallest absolute Gasteiger partial charge is 0.161 e. The summed E-state index contributed by atoms with van der Waals surface area (Å²) in [5.41, 5.74) is 4.33. The molecule has 4 rings (SSSR count). The van der Waals surface area contributed by atoms with Crippen LogP contribution in [0.25, 0.3) is 11.4 Å². The maximum atomic E-state index is 6.44. The molecule has 7 heteroatoms. The van der Waals surface area contributed by atoms with Gasteiger partial charge in [-0.1, -0.05) is 11.6 Å². The zero-order valence-electron chi connectivity index (χ0n) is 18.2. The number of piperidine rings is 1. The average molecular weight is 438 g/mol. The van der Waals surface area contributed by atoms with Crippen molar-refractivity contribution < 1.29 is 4.74 Å². The Morgan fingerprint density at radius 2 is 1.90 bits per heavy atom. The molecule has 0 bridgehead atoms. The van der Waals surface area contributed by atoms with Crippen molar-refractivity contribution in [2.45, 2.75) is 45.6 Å². The van der Waals surface area contributed by atoms with Crippen molar-refractivity contribution in [2.24, 2.45) is 0 Å². The van der Waals surface area contributed by atoms with Gasteiger partial charge in [-0.25, -0.2) is 9.97 Å². The number of nitrogens with one attached hydrogen (secondary N) is 2. The molecule has 0 atom stereocenters. The van der Waals surface area contributed by atoms with E-state index in [-0.39, 0.29) is 6.10 Å². The van der Waals surface area contributed by atoms with Crippen LogP contribution in [-0.2, 0) is 0 Å². The Morgan fingerprint density at radius 1 is 1.16 bits per heavy atom. The first kappa shape index (κ1) is 21.5. The van der Waals surface area contributed by atoms with Gasteiger partial charge < -0.3 is 15.4 Å². The van der Waals surface area contributed by atoms with E-state index in [0.717, 1.165) is 42.9 Å². The van der Waals surface area contributed by atoms with Crippen LogP contribution in [-0.4, -0.2) is 34.1 Å². The van der Waals surface area contributed by atoms with E-state index in [1.54, 1.807) is 18.6 Å². The third-order valence-electron chi connectivity index (χ3n) is 5.45. The molecular weight excluding hydrogens is 410 g/mol. The van der Waals surface area contributed by atoms with Crippen LogP contribution in [0.2, 0.25) is 5.02 Å². The number of hydrogen-bond donors (Lipinski definition) is 2. The van der Waals surface area contributed by atoms with Crippen molar-refractivity contribution in [1.29, 1.82) is 0 Å². The number of pyridine rings is 1. The Bertz CT molecular complexity index is 1040. The number of halogens is 1. The molecule has 1 aliphatic heterocycles. The summed E-state index contributed by atoms with van der Waals surface area (Å²) >= 11 is 6.44. The van der Waals surface area contributed by atoms with Crippen molar-refractivity contribution >= 4 is 23.1 Å². The van der Waals surface area contributed by atoms with Gasteiger partial charge in [0.05, 0.1) is 18.0 Å². The molecule has 0 saturated carbocycles. The molecule has 1 saturated heterocycles. The van der Waals surface area contributed by atoms with Crippen molar-refractivity contribution in [3.05, 3.63) is 59.0 Å². The lowest BCUT2D eigenvalue weighted by Crippen LogP contribution is -2.27. The minimum Gasteiger partial charge on any atom is -0.489 e. The van der Waals surface area contributed by atoms with Crippen molar-refractivity contribution in [1.82, 2.24) is 20.3 Å². The van der Waals surface area contributed by atoms with E-state index in [4.69, 9.17) is 16.3 Å². The van der Waals surface area contributed by atoms with E-state index in [9.17, 15) is 0 Å². The fourth-order valence-corrected chi connectivity index (χ4v) is 4.09. The Balaban J connectivity index is 1.69. The molecule has 2 N–H and O–H groups in total. The molecule has 1 aliphatic rings. The van der Waals surface area contributed by atoms with Crippen LogP contribution in [0.4, 0.5) is 11.5 Å². The van der Waals surface area contributed by atoms with Gasteiger partial charge in [-0.2, -0.15) is 0 Å². The average Bonchev–Trinajstić information content (AvgIpc) is 2.78. The summed E-state index contributed by atoms with van der Waals surface area (Å²) in [7, 11) is 0. The number of anilines is 2. The quantitative estimate of drug-likeness (QED) is 0.530. The molecule has 1 fully saturated rings. The molecule has 162 valence electrons. The first-order valence-electron chi connectivity index (χ1n) is 10.7. The second-order valence-corrected chi connectivity index (χ2v) is 8.55. The second-order valence-electron chi connectivity index (χ2n) is 8.15. The standard InChI is InChI=1S/C24H28ClN5O/c1-15(2)31-22-13-19(17-4-8-26-9-5-17)16(3)12-21(22)29-24-20(25)14-28-23(30-24)18-6-10-27-11-7-18/h6-7,10-15,17,26H,4-5,8-9H2,1-3H3,(H,28,29,30). The summed E-state index contributed by atoms with van der Waals surface area (Å²) < 4.78 is 6.19. The molecule has 31 heavy (non-hydrogen) atoms. The molecule has 3 aromatic rings. The van der Waals surface area contributed by atoms with Crippen molar-refractivity contribution in [3.8, 4) is 17.1 Å². The van der Waals surface area contributed by atoms with Crippen LogP contribution in [0.3, 0.4) is 0 Å². The SMILES string of the molecule is Cc1cc(Nc2nc(-c3ccncc3)ncc2Cl)c(OC(C)C)cc1C1CCNCC1. The van der Waals surface area contributed by atoms with Gasteiger partial charge in [-0.3, -0.25) is 4.98 Å². The second kappa shape index (κ2) is 9.62. The summed E-state index contributed by atoms with van der Waals surface area (Å²) in [6.07, 6.45) is 7.39. The molecule has 0 spiro atoms. The predicted molar refractivity (Wildman–Crippen MR) is 125 cm³/mol. The fraction of sp³-hybridized carbons (Fsp3) is 0.375. The van der Waals surface area contributed by atoms with Gasteiger partial charge >= 0.3 is 0 Å². The predicted octanol–water partition coefficient (Wildman–Crippen LogP) is 5.50. The summed E-state index contributed by atoms with van der Waals surface area (Å²) in [6.45, 7) is 8.34. The number of hydrogen-bond acceptors (Lipinski definition) is 6. The maximum absolute atomic E-state index is 6.44.